The summed E-state index contributed by atoms with van der Waals surface area (Å²) < 4.78 is 0. The highest BCUT2D eigenvalue weighted by molar-refractivity contribution is 7.10. The van der Waals surface area contributed by atoms with Gasteiger partial charge in [-0.15, -0.1) is 11.3 Å². The molecule has 1 N–H and O–H groups in total. The first-order valence-corrected chi connectivity index (χ1v) is 5.38. The zero-order valence-electron chi connectivity index (χ0n) is 7.29. The summed E-state index contributed by atoms with van der Waals surface area (Å²) in [5.74, 6) is 0.777. The molecule has 0 radical (unpaired) electrons. The van der Waals surface area contributed by atoms with E-state index in [4.69, 9.17) is 5.26 Å². The normalized spacial score (nSPS) is 17.2. The van der Waals surface area contributed by atoms with E-state index >= 15 is 0 Å². The Morgan fingerprint density at radius 1 is 1.54 bits per heavy atom. The van der Waals surface area contributed by atoms with Crippen molar-refractivity contribution in [1.82, 2.24) is 4.98 Å². The first kappa shape index (κ1) is 8.52. The van der Waals surface area contributed by atoms with Crippen LogP contribution < -0.4 is 5.32 Å². The fourth-order valence-corrected chi connectivity index (χ4v) is 2.23. The lowest BCUT2D eigenvalue weighted by molar-refractivity contribution is 0.751. The molecule has 1 aromatic heterocycles. The molecule has 1 aromatic rings. The number of anilines is 1. The molecule has 0 amide bonds. The van der Waals surface area contributed by atoms with Crippen molar-refractivity contribution in [2.24, 2.45) is 0 Å². The van der Waals surface area contributed by atoms with Crippen LogP contribution in [0.15, 0.2) is 5.51 Å². The van der Waals surface area contributed by atoms with Gasteiger partial charge in [-0.1, -0.05) is 12.8 Å². The lowest BCUT2D eigenvalue weighted by atomic mass is 10.2. The van der Waals surface area contributed by atoms with Crippen LogP contribution in [0.4, 0.5) is 5.82 Å². The van der Waals surface area contributed by atoms with E-state index in [1.165, 1.54) is 37.0 Å². The number of aromatic nitrogens is 1. The number of nitrogens with zero attached hydrogens (tertiary/aromatic N) is 2. The predicted octanol–water partition coefficient (Wildman–Crippen LogP) is 2.37. The van der Waals surface area contributed by atoms with Gasteiger partial charge in [0.2, 0.25) is 0 Å². The standard InChI is InChI=1S/C9H11N3S/c10-5-8-9(11-6-13-8)12-7-3-1-2-4-7/h6-7,12H,1-4H2. The van der Waals surface area contributed by atoms with Gasteiger partial charge in [0.15, 0.2) is 5.82 Å². The summed E-state index contributed by atoms with van der Waals surface area (Å²) >= 11 is 1.40. The van der Waals surface area contributed by atoms with Crippen LogP contribution >= 0.6 is 11.3 Å². The van der Waals surface area contributed by atoms with Gasteiger partial charge in [0.25, 0.3) is 0 Å². The van der Waals surface area contributed by atoms with Crippen molar-refractivity contribution >= 4 is 17.2 Å². The van der Waals surface area contributed by atoms with Crippen LogP contribution in [0.25, 0.3) is 0 Å². The zero-order valence-corrected chi connectivity index (χ0v) is 8.10. The molecule has 1 aliphatic rings. The van der Waals surface area contributed by atoms with E-state index < -0.39 is 0 Å². The van der Waals surface area contributed by atoms with Gasteiger partial charge in [-0.25, -0.2) is 4.98 Å². The molecule has 0 aromatic carbocycles. The minimum Gasteiger partial charge on any atom is -0.366 e. The largest absolute Gasteiger partial charge is 0.366 e. The van der Waals surface area contributed by atoms with E-state index in [0.717, 1.165) is 5.82 Å². The molecule has 68 valence electrons. The van der Waals surface area contributed by atoms with Crippen molar-refractivity contribution in [3.05, 3.63) is 10.4 Å². The van der Waals surface area contributed by atoms with E-state index in [1.54, 1.807) is 5.51 Å². The third-order valence-electron chi connectivity index (χ3n) is 2.36. The minimum absolute atomic E-state index is 0.536. The highest BCUT2D eigenvalue weighted by atomic mass is 32.1. The Morgan fingerprint density at radius 2 is 2.31 bits per heavy atom. The highest BCUT2D eigenvalue weighted by Crippen LogP contribution is 2.24. The number of nitriles is 1. The molecule has 0 atom stereocenters. The zero-order chi connectivity index (χ0) is 9.10. The van der Waals surface area contributed by atoms with Crippen LogP contribution in [0, 0.1) is 11.3 Å². The molecule has 1 aliphatic carbocycles. The van der Waals surface area contributed by atoms with Crippen LogP contribution in [0.1, 0.15) is 30.6 Å². The second kappa shape index (κ2) is 3.75. The van der Waals surface area contributed by atoms with Crippen LogP contribution in [-0.2, 0) is 0 Å². The van der Waals surface area contributed by atoms with Gasteiger partial charge in [0.1, 0.15) is 10.9 Å². The highest BCUT2D eigenvalue weighted by Gasteiger charge is 2.16. The van der Waals surface area contributed by atoms with E-state index in [-0.39, 0.29) is 0 Å². The van der Waals surface area contributed by atoms with E-state index in [9.17, 15) is 0 Å². The second-order valence-corrected chi connectivity index (χ2v) is 4.12. The van der Waals surface area contributed by atoms with Crippen molar-refractivity contribution in [3.63, 3.8) is 0 Å². The summed E-state index contributed by atoms with van der Waals surface area (Å²) in [7, 11) is 0. The van der Waals surface area contributed by atoms with Crippen molar-refractivity contribution in [2.45, 2.75) is 31.7 Å². The maximum atomic E-state index is 8.76. The number of hydrogen-bond donors (Lipinski definition) is 1. The van der Waals surface area contributed by atoms with Crippen LogP contribution in [0.3, 0.4) is 0 Å². The van der Waals surface area contributed by atoms with E-state index in [0.29, 0.717) is 10.9 Å². The molecule has 0 unspecified atom stereocenters. The number of hydrogen-bond acceptors (Lipinski definition) is 4. The van der Waals surface area contributed by atoms with Gasteiger partial charge in [-0.05, 0) is 12.8 Å². The van der Waals surface area contributed by atoms with Crippen molar-refractivity contribution < 1.29 is 0 Å². The summed E-state index contributed by atoms with van der Waals surface area (Å²) in [6.45, 7) is 0. The summed E-state index contributed by atoms with van der Waals surface area (Å²) in [6, 6.07) is 2.68. The van der Waals surface area contributed by atoms with Crippen molar-refractivity contribution in [1.29, 1.82) is 5.26 Å². The molecular formula is C9H11N3S. The quantitative estimate of drug-likeness (QED) is 0.784. The second-order valence-electron chi connectivity index (χ2n) is 3.27. The fourth-order valence-electron chi connectivity index (χ4n) is 1.69. The minimum atomic E-state index is 0.536. The Morgan fingerprint density at radius 3 is 3.00 bits per heavy atom. The molecule has 3 nitrogen and oxygen atoms in total. The lowest BCUT2D eigenvalue weighted by Crippen LogP contribution is -2.15. The average Bonchev–Trinajstić information content (AvgIpc) is 2.76. The number of thiazole rings is 1. The first-order valence-electron chi connectivity index (χ1n) is 4.50. The summed E-state index contributed by atoms with van der Waals surface area (Å²) in [5.41, 5.74) is 1.72. The molecule has 1 fully saturated rings. The molecule has 2 rings (SSSR count). The Labute approximate surface area is 81.4 Å². The number of nitrogens with one attached hydrogen (secondary N) is 1. The van der Waals surface area contributed by atoms with Gasteiger partial charge < -0.3 is 5.32 Å². The Kier molecular flexibility index (Phi) is 2.46. The fraction of sp³-hybridized carbons (Fsp3) is 0.556. The van der Waals surface area contributed by atoms with Crippen molar-refractivity contribution in [3.8, 4) is 6.07 Å². The molecule has 4 heteroatoms. The first-order chi connectivity index (χ1) is 6.40. The molecule has 0 saturated heterocycles. The monoisotopic (exact) mass is 193 g/mol. The van der Waals surface area contributed by atoms with Gasteiger partial charge in [-0.3, -0.25) is 0 Å². The smallest absolute Gasteiger partial charge is 0.155 e. The summed E-state index contributed by atoms with van der Waals surface area (Å²) in [5, 5.41) is 12.1. The van der Waals surface area contributed by atoms with E-state index in [2.05, 4.69) is 16.4 Å². The Balaban J connectivity index is 2.04. The maximum absolute atomic E-state index is 8.76. The third kappa shape index (κ3) is 1.81. The third-order valence-corrected chi connectivity index (χ3v) is 3.10. The van der Waals surface area contributed by atoms with Gasteiger partial charge in [-0.2, -0.15) is 5.26 Å². The van der Waals surface area contributed by atoms with Gasteiger partial charge >= 0.3 is 0 Å². The molecule has 0 aliphatic heterocycles. The Hall–Kier alpha value is -1.08. The average molecular weight is 193 g/mol. The number of rotatable bonds is 2. The predicted molar refractivity (Wildman–Crippen MR) is 52.7 cm³/mol. The molecular weight excluding hydrogens is 182 g/mol. The SMILES string of the molecule is N#Cc1scnc1NC1CCCC1. The molecule has 0 bridgehead atoms. The summed E-state index contributed by atoms with van der Waals surface area (Å²) in [6.07, 6.45) is 5.01. The van der Waals surface area contributed by atoms with E-state index in [1.807, 2.05) is 0 Å². The maximum Gasteiger partial charge on any atom is 0.155 e. The molecule has 13 heavy (non-hydrogen) atoms. The topological polar surface area (TPSA) is 48.7 Å². The van der Waals surface area contributed by atoms with Crippen LogP contribution in [-0.4, -0.2) is 11.0 Å². The molecule has 1 saturated carbocycles. The molecule has 0 spiro atoms. The van der Waals surface area contributed by atoms with Gasteiger partial charge in [0, 0.05) is 6.04 Å². The molecule has 1 heterocycles. The van der Waals surface area contributed by atoms with Gasteiger partial charge in [0.05, 0.1) is 5.51 Å². The van der Waals surface area contributed by atoms with Crippen LogP contribution in [0.5, 0.6) is 0 Å². The van der Waals surface area contributed by atoms with Crippen molar-refractivity contribution in [2.75, 3.05) is 5.32 Å². The lowest BCUT2D eigenvalue weighted by Gasteiger charge is -2.10. The summed E-state index contributed by atoms with van der Waals surface area (Å²) in [4.78, 5) is 4.84. The van der Waals surface area contributed by atoms with Crippen LogP contribution in [0.2, 0.25) is 0 Å². The Bertz CT molecular complexity index is 320.